The highest BCUT2D eigenvalue weighted by Gasteiger charge is 2.32. The van der Waals surface area contributed by atoms with Gasteiger partial charge in [-0.25, -0.2) is 0 Å². The highest BCUT2D eigenvalue weighted by Crippen LogP contribution is 2.42. The molecule has 2 unspecified atom stereocenters. The molecule has 1 aromatic rings. The summed E-state index contributed by atoms with van der Waals surface area (Å²) in [6.07, 6.45) is 0.559. The molecular formula is C14H18BrNO4. The summed E-state index contributed by atoms with van der Waals surface area (Å²) in [4.78, 5) is 11.1. The standard InChI is InChI=1S/C14H18BrNO4/c1-7-12(19-2)9(5-10(15)13(7)20-3)11-4-8(6-16-11)14(17)18/h5,8,11,16H,4,6H2,1-3H3,(H,17,18). The number of benzene rings is 1. The van der Waals surface area contributed by atoms with E-state index >= 15 is 0 Å². The van der Waals surface area contributed by atoms with Gasteiger partial charge in [0, 0.05) is 23.7 Å². The van der Waals surface area contributed by atoms with E-state index in [1.54, 1.807) is 14.2 Å². The Morgan fingerprint density at radius 3 is 2.55 bits per heavy atom. The first kappa shape index (κ1) is 15.1. The molecule has 0 bridgehead atoms. The Balaban J connectivity index is 2.40. The summed E-state index contributed by atoms with van der Waals surface area (Å²) in [5, 5.41) is 12.3. The molecule has 1 fully saturated rings. The Hall–Kier alpha value is -1.27. The molecule has 2 atom stereocenters. The maximum Gasteiger partial charge on any atom is 0.307 e. The molecule has 1 saturated heterocycles. The van der Waals surface area contributed by atoms with Gasteiger partial charge in [0.05, 0.1) is 24.6 Å². The highest BCUT2D eigenvalue weighted by atomic mass is 79.9. The molecule has 1 aliphatic rings. The number of methoxy groups -OCH3 is 2. The van der Waals surface area contributed by atoms with Gasteiger partial charge in [0.15, 0.2) is 0 Å². The van der Waals surface area contributed by atoms with Gasteiger partial charge in [-0.1, -0.05) is 0 Å². The minimum absolute atomic E-state index is 0.0213. The number of halogens is 1. The number of hydrogen-bond donors (Lipinski definition) is 2. The van der Waals surface area contributed by atoms with Crippen LogP contribution in [0, 0.1) is 12.8 Å². The van der Waals surface area contributed by atoms with Crippen LogP contribution in [-0.4, -0.2) is 31.8 Å². The number of rotatable bonds is 4. The van der Waals surface area contributed by atoms with Crippen molar-refractivity contribution in [1.82, 2.24) is 5.32 Å². The van der Waals surface area contributed by atoms with Crippen LogP contribution in [0.15, 0.2) is 10.5 Å². The summed E-state index contributed by atoms with van der Waals surface area (Å²) in [7, 11) is 3.23. The summed E-state index contributed by atoms with van der Waals surface area (Å²) >= 11 is 3.49. The average Bonchev–Trinajstić information content (AvgIpc) is 2.88. The van der Waals surface area contributed by atoms with Crippen molar-refractivity contribution in [2.24, 2.45) is 5.92 Å². The van der Waals surface area contributed by atoms with Gasteiger partial charge in [-0.2, -0.15) is 0 Å². The maximum atomic E-state index is 11.1. The summed E-state index contributed by atoms with van der Waals surface area (Å²) < 4.78 is 11.7. The molecule has 5 nitrogen and oxygen atoms in total. The van der Waals surface area contributed by atoms with E-state index in [-0.39, 0.29) is 12.0 Å². The fourth-order valence-electron chi connectivity index (χ4n) is 2.71. The van der Waals surface area contributed by atoms with Crippen LogP contribution in [0.2, 0.25) is 0 Å². The van der Waals surface area contributed by atoms with Crippen LogP contribution in [0.1, 0.15) is 23.6 Å². The normalized spacial score (nSPS) is 21.8. The fourth-order valence-corrected chi connectivity index (χ4v) is 3.41. The van der Waals surface area contributed by atoms with Crippen LogP contribution < -0.4 is 14.8 Å². The topological polar surface area (TPSA) is 67.8 Å². The second-order valence-corrected chi connectivity index (χ2v) is 5.73. The van der Waals surface area contributed by atoms with Gasteiger partial charge in [-0.3, -0.25) is 4.79 Å². The second-order valence-electron chi connectivity index (χ2n) is 4.87. The van der Waals surface area contributed by atoms with E-state index in [1.165, 1.54) is 0 Å². The van der Waals surface area contributed by atoms with Gasteiger partial charge in [0.2, 0.25) is 0 Å². The zero-order valence-electron chi connectivity index (χ0n) is 11.7. The lowest BCUT2D eigenvalue weighted by atomic mass is 9.97. The van der Waals surface area contributed by atoms with E-state index in [1.807, 2.05) is 13.0 Å². The maximum absolute atomic E-state index is 11.1. The van der Waals surface area contributed by atoms with Gasteiger partial charge >= 0.3 is 5.97 Å². The van der Waals surface area contributed by atoms with Crippen LogP contribution in [0.4, 0.5) is 0 Å². The van der Waals surface area contributed by atoms with E-state index in [0.29, 0.717) is 13.0 Å². The molecule has 6 heteroatoms. The Morgan fingerprint density at radius 1 is 1.40 bits per heavy atom. The Bertz CT molecular complexity index is 532. The van der Waals surface area contributed by atoms with Crippen molar-refractivity contribution in [3.8, 4) is 11.5 Å². The molecule has 2 N–H and O–H groups in total. The van der Waals surface area contributed by atoms with Crippen molar-refractivity contribution >= 4 is 21.9 Å². The predicted molar refractivity (Wildman–Crippen MR) is 78.5 cm³/mol. The molecule has 0 aliphatic carbocycles. The van der Waals surface area contributed by atoms with Crippen molar-refractivity contribution in [2.45, 2.75) is 19.4 Å². The van der Waals surface area contributed by atoms with Crippen molar-refractivity contribution in [3.05, 3.63) is 21.7 Å². The van der Waals surface area contributed by atoms with Gasteiger partial charge < -0.3 is 19.9 Å². The smallest absolute Gasteiger partial charge is 0.307 e. The van der Waals surface area contributed by atoms with E-state index in [4.69, 9.17) is 14.6 Å². The third-order valence-corrected chi connectivity index (χ3v) is 4.30. The SMILES string of the molecule is COc1c(Br)cc(C2CC(C(=O)O)CN2)c(OC)c1C. The monoisotopic (exact) mass is 343 g/mol. The van der Waals surface area contributed by atoms with E-state index in [0.717, 1.165) is 27.1 Å². The van der Waals surface area contributed by atoms with E-state index in [9.17, 15) is 4.79 Å². The quantitative estimate of drug-likeness (QED) is 0.879. The Kier molecular flexibility index (Phi) is 4.55. The molecule has 0 amide bonds. The molecule has 1 aromatic carbocycles. The van der Waals surface area contributed by atoms with Crippen LogP contribution in [0.5, 0.6) is 11.5 Å². The van der Waals surface area contributed by atoms with Gasteiger partial charge in [0.25, 0.3) is 0 Å². The van der Waals surface area contributed by atoms with Crippen LogP contribution in [0.25, 0.3) is 0 Å². The van der Waals surface area contributed by atoms with Crippen molar-refractivity contribution in [1.29, 1.82) is 0 Å². The predicted octanol–water partition coefficient (Wildman–Crippen LogP) is 2.51. The lowest BCUT2D eigenvalue weighted by Gasteiger charge is -2.20. The molecule has 0 saturated carbocycles. The van der Waals surface area contributed by atoms with Crippen LogP contribution >= 0.6 is 15.9 Å². The lowest BCUT2D eigenvalue weighted by Crippen LogP contribution is -2.17. The molecule has 110 valence electrons. The van der Waals surface area contributed by atoms with Crippen LogP contribution in [0.3, 0.4) is 0 Å². The second kappa shape index (κ2) is 6.01. The molecule has 2 rings (SSSR count). The number of carboxylic acids is 1. The van der Waals surface area contributed by atoms with Gasteiger partial charge in [-0.05, 0) is 35.3 Å². The first-order valence-corrected chi connectivity index (χ1v) is 7.16. The van der Waals surface area contributed by atoms with Gasteiger partial charge in [-0.15, -0.1) is 0 Å². The van der Waals surface area contributed by atoms with Crippen LogP contribution in [-0.2, 0) is 4.79 Å². The third kappa shape index (κ3) is 2.62. The first-order chi connectivity index (χ1) is 9.49. The Labute approximate surface area is 126 Å². The summed E-state index contributed by atoms with van der Waals surface area (Å²) in [5.41, 5.74) is 1.86. The summed E-state index contributed by atoms with van der Waals surface area (Å²) in [5.74, 6) is 0.362. The number of ether oxygens (including phenoxy) is 2. The number of nitrogens with one attached hydrogen (secondary N) is 1. The van der Waals surface area contributed by atoms with Crippen molar-refractivity contribution in [3.63, 3.8) is 0 Å². The fraction of sp³-hybridized carbons (Fsp3) is 0.500. The molecule has 20 heavy (non-hydrogen) atoms. The lowest BCUT2D eigenvalue weighted by molar-refractivity contribution is -0.141. The van der Waals surface area contributed by atoms with Crippen molar-refractivity contribution in [2.75, 3.05) is 20.8 Å². The van der Waals surface area contributed by atoms with Crippen molar-refractivity contribution < 1.29 is 19.4 Å². The van der Waals surface area contributed by atoms with Gasteiger partial charge in [0.1, 0.15) is 11.5 Å². The Morgan fingerprint density at radius 2 is 2.05 bits per heavy atom. The largest absolute Gasteiger partial charge is 0.496 e. The molecule has 0 aromatic heterocycles. The molecule has 1 heterocycles. The highest BCUT2D eigenvalue weighted by molar-refractivity contribution is 9.10. The number of carbonyl (C=O) groups is 1. The third-order valence-electron chi connectivity index (χ3n) is 3.71. The zero-order chi connectivity index (χ0) is 14.9. The minimum Gasteiger partial charge on any atom is -0.496 e. The molecule has 0 spiro atoms. The zero-order valence-corrected chi connectivity index (χ0v) is 13.3. The van der Waals surface area contributed by atoms with E-state index in [2.05, 4.69) is 21.2 Å². The molecule has 1 aliphatic heterocycles. The first-order valence-electron chi connectivity index (χ1n) is 6.36. The molecule has 0 radical (unpaired) electrons. The molecular weight excluding hydrogens is 326 g/mol. The average molecular weight is 344 g/mol. The van der Waals surface area contributed by atoms with E-state index < -0.39 is 5.97 Å². The minimum atomic E-state index is -0.761. The number of hydrogen-bond acceptors (Lipinski definition) is 4. The summed E-state index contributed by atoms with van der Waals surface area (Å²) in [6.45, 7) is 2.40. The number of carboxylic acid groups (broad SMARTS) is 1. The number of aliphatic carboxylic acids is 1. The summed E-state index contributed by atoms with van der Waals surface area (Å²) in [6, 6.07) is 1.92.